The Bertz CT molecular complexity index is 634. The van der Waals surface area contributed by atoms with Gasteiger partial charge in [-0.2, -0.15) is 0 Å². The predicted molar refractivity (Wildman–Crippen MR) is 90.9 cm³/mol. The molecule has 2 nitrogen and oxygen atoms in total. The summed E-state index contributed by atoms with van der Waals surface area (Å²) in [6.07, 6.45) is 0. The predicted octanol–water partition coefficient (Wildman–Crippen LogP) is 4.69. The van der Waals surface area contributed by atoms with Gasteiger partial charge in [-0.05, 0) is 49.6 Å². The van der Waals surface area contributed by atoms with Crippen LogP contribution < -0.4 is 5.32 Å². The summed E-state index contributed by atoms with van der Waals surface area (Å²) in [5.41, 5.74) is 5.45. The van der Waals surface area contributed by atoms with Gasteiger partial charge in [0, 0.05) is 10.9 Å². The molecule has 0 heterocycles. The fourth-order valence-corrected chi connectivity index (χ4v) is 2.79. The van der Waals surface area contributed by atoms with Crippen molar-refractivity contribution >= 4 is 21.8 Å². The summed E-state index contributed by atoms with van der Waals surface area (Å²) >= 11 is 3.40. The summed E-state index contributed by atoms with van der Waals surface area (Å²) in [4.78, 5) is 12.3. The summed E-state index contributed by atoms with van der Waals surface area (Å²) in [7, 11) is 0. The third-order valence-corrected chi connectivity index (χ3v) is 4.26. The molecule has 0 aliphatic carbocycles. The van der Waals surface area contributed by atoms with Crippen LogP contribution in [0.15, 0.2) is 42.5 Å². The number of benzene rings is 2. The van der Waals surface area contributed by atoms with Crippen molar-refractivity contribution in [3.8, 4) is 0 Å². The molecule has 110 valence electrons. The molecule has 0 radical (unpaired) electrons. The Kier molecular flexibility index (Phi) is 5.18. The minimum Gasteiger partial charge on any atom is -0.346 e. The van der Waals surface area contributed by atoms with Crippen LogP contribution in [0, 0.1) is 13.8 Å². The van der Waals surface area contributed by atoms with Crippen LogP contribution in [0.25, 0.3) is 0 Å². The Balaban J connectivity index is 2.10. The molecule has 1 unspecified atom stereocenters. The van der Waals surface area contributed by atoms with Crippen LogP contribution >= 0.6 is 15.9 Å². The van der Waals surface area contributed by atoms with E-state index in [4.69, 9.17) is 0 Å². The molecular weight excluding hydrogens is 326 g/mol. The van der Waals surface area contributed by atoms with Crippen molar-refractivity contribution in [3.05, 3.63) is 70.3 Å². The molecule has 1 amide bonds. The summed E-state index contributed by atoms with van der Waals surface area (Å²) in [6, 6.07) is 14.0. The number of rotatable bonds is 4. The van der Waals surface area contributed by atoms with E-state index in [1.807, 2.05) is 31.2 Å². The van der Waals surface area contributed by atoms with Crippen molar-refractivity contribution in [3.63, 3.8) is 0 Å². The van der Waals surface area contributed by atoms with Gasteiger partial charge >= 0.3 is 0 Å². The lowest BCUT2D eigenvalue weighted by Gasteiger charge is -2.17. The molecule has 0 fully saturated rings. The normalized spacial score (nSPS) is 12.0. The zero-order chi connectivity index (χ0) is 15.4. The highest BCUT2D eigenvalue weighted by molar-refractivity contribution is 9.08. The molecule has 21 heavy (non-hydrogen) atoms. The van der Waals surface area contributed by atoms with Crippen LogP contribution in [0.2, 0.25) is 0 Å². The third-order valence-electron chi connectivity index (χ3n) is 3.61. The molecule has 0 aromatic heterocycles. The first-order valence-electron chi connectivity index (χ1n) is 7.04. The van der Waals surface area contributed by atoms with Gasteiger partial charge in [0.05, 0.1) is 6.04 Å². The summed E-state index contributed by atoms with van der Waals surface area (Å²) < 4.78 is 0. The number of hydrogen-bond donors (Lipinski definition) is 1. The first kappa shape index (κ1) is 15.8. The van der Waals surface area contributed by atoms with Crippen LogP contribution in [0.4, 0.5) is 0 Å². The molecule has 0 spiro atoms. The minimum atomic E-state index is -0.0383. The maximum absolute atomic E-state index is 12.3. The first-order chi connectivity index (χ1) is 10.0. The lowest BCUT2D eigenvalue weighted by atomic mass is 10.00. The molecule has 0 saturated heterocycles. The number of hydrogen-bond acceptors (Lipinski definition) is 1. The van der Waals surface area contributed by atoms with E-state index in [9.17, 15) is 4.79 Å². The van der Waals surface area contributed by atoms with E-state index < -0.39 is 0 Å². The lowest BCUT2D eigenvalue weighted by molar-refractivity contribution is 0.0940. The van der Waals surface area contributed by atoms with E-state index in [2.05, 4.69) is 53.3 Å². The largest absolute Gasteiger partial charge is 0.346 e. The SMILES string of the molecule is Cc1ccc(C(C)NC(=O)c2ccc(CBr)cc2)c(C)c1. The monoisotopic (exact) mass is 345 g/mol. The summed E-state index contributed by atoms with van der Waals surface area (Å²) in [5, 5.41) is 3.86. The number of amides is 1. The Morgan fingerprint density at radius 2 is 1.81 bits per heavy atom. The molecule has 0 aliphatic rings. The molecule has 2 aromatic rings. The number of nitrogens with one attached hydrogen (secondary N) is 1. The third kappa shape index (κ3) is 3.94. The van der Waals surface area contributed by atoms with Gasteiger partial charge in [-0.3, -0.25) is 4.79 Å². The standard InChI is InChI=1S/C18H20BrNO/c1-12-4-9-17(13(2)10-12)14(3)20-18(21)16-7-5-15(11-19)6-8-16/h4-10,14H,11H2,1-3H3,(H,20,21). The number of aryl methyl sites for hydroxylation is 2. The van der Waals surface area contributed by atoms with Gasteiger partial charge in [-0.25, -0.2) is 0 Å². The number of carbonyl (C=O) groups excluding carboxylic acids is 1. The highest BCUT2D eigenvalue weighted by Gasteiger charge is 2.13. The molecule has 2 aromatic carbocycles. The number of halogens is 1. The van der Waals surface area contributed by atoms with Crippen molar-refractivity contribution in [1.82, 2.24) is 5.32 Å². The smallest absolute Gasteiger partial charge is 0.251 e. The molecular formula is C18H20BrNO. The highest BCUT2D eigenvalue weighted by atomic mass is 79.9. The van der Waals surface area contributed by atoms with Crippen molar-refractivity contribution < 1.29 is 4.79 Å². The number of carbonyl (C=O) groups is 1. The van der Waals surface area contributed by atoms with Gasteiger partial charge in [0.1, 0.15) is 0 Å². The Labute approximate surface area is 134 Å². The van der Waals surface area contributed by atoms with Crippen LogP contribution in [0.3, 0.4) is 0 Å². The summed E-state index contributed by atoms with van der Waals surface area (Å²) in [6.45, 7) is 6.17. The number of alkyl halides is 1. The fourth-order valence-electron chi connectivity index (χ4n) is 2.41. The van der Waals surface area contributed by atoms with Gasteiger partial charge in [0.25, 0.3) is 5.91 Å². The van der Waals surface area contributed by atoms with Crippen molar-refractivity contribution in [1.29, 1.82) is 0 Å². The van der Waals surface area contributed by atoms with E-state index >= 15 is 0 Å². The van der Waals surface area contributed by atoms with Gasteiger partial charge in [-0.1, -0.05) is 51.8 Å². The fraction of sp³-hybridized carbons (Fsp3) is 0.278. The lowest BCUT2D eigenvalue weighted by Crippen LogP contribution is -2.27. The average Bonchev–Trinajstić information content (AvgIpc) is 2.47. The molecule has 0 aliphatic heterocycles. The molecule has 3 heteroatoms. The highest BCUT2D eigenvalue weighted by Crippen LogP contribution is 2.19. The van der Waals surface area contributed by atoms with Crippen molar-refractivity contribution in [2.75, 3.05) is 0 Å². The maximum Gasteiger partial charge on any atom is 0.251 e. The zero-order valence-electron chi connectivity index (χ0n) is 12.6. The Hall–Kier alpha value is -1.61. The van der Waals surface area contributed by atoms with Crippen molar-refractivity contribution in [2.24, 2.45) is 0 Å². The van der Waals surface area contributed by atoms with Gasteiger partial charge < -0.3 is 5.32 Å². The van der Waals surface area contributed by atoms with Crippen LogP contribution in [0.5, 0.6) is 0 Å². The second-order valence-corrected chi connectivity index (χ2v) is 5.95. The Morgan fingerprint density at radius 3 is 2.38 bits per heavy atom. The zero-order valence-corrected chi connectivity index (χ0v) is 14.2. The Morgan fingerprint density at radius 1 is 1.14 bits per heavy atom. The first-order valence-corrected chi connectivity index (χ1v) is 8.16. The average molecular weight is 346 g/mol. The van der Waals surface area contributed by atoms with E-state index in [0.717, 1.165) is 16.5 Å². The van der Waals surface area contributed by atoms with E-state index in [1.165, 1.54) is 11.1 Å². The maximum atomic E-state index is 12.3. The summed E-state index contributed by atoms with van der Waals surface area (Å²) in [5.74, 6) is -0.0383. The second kappa shape index (κ2) is 6.90. The molecule has 0 bridgehead atoms. The molecule has 1 N–H and O–H groups in total. The molecule has 0 saturated carbocycles. The van der Waals surface area contributed by atoms with Crippen molar-refractivity contribution in [2.45, 2.75) is 32.1 Å². The second-order valence-electron chi connectivity index (χ2n) is 5.39. The topological polar surface area (TPSA) is 29.1 Å². The van der Waals surface area contributed by atoms with E-state index in [0.29, 0.717) is 5.56 Å². The van der Waals surface area contributed by atoms with Crippen LogP contribution in [0.1, 0.15) is 45.6 Å². The van der Waals surface area contributed by atoms with E-state index in [1.54, 1.807) is 0 Å². The van der Waals surface area contributed by atoms with Crippen LogP contribution in [-0.2, 0) is 5.33 Å². The quantitative estimate of drug-likeness (QED) is 0.800. The molecule has 1 atom stereocenters. The van der Waals surface area contributed by atoms with Crippen LogP contribution in [-0.4, -0.2) is 5.91 Å². The van der Waals surface area contributed by atoms with Gasteiger partial charge in [0.15, 0.2) is 0 Å². The van der Waals surface area contributed by atoms with Gasteiger partial charge in [0.2, 0.25) is 0 Å². The molecule has 2 rings (SSSR count). The van der Waals surface area contributed by atoms with Gasteiger partial charge in [-0.15, -0.1) is 0 Å². The van der Waals surface area contributed by atoms with E-state index in [-0.39, 0.29) is 11.9 Å². The minimum absolute atomic E-state index is 0.00560.